The molecule has 1 aliphatic rings. The molecular weight excluding hydrogens is 376 g/mol. The third kappa shape index (κ3) is 4.82. The number of fused-ring (bicyclic) bond motifs is 1. The summed E-state index contributed by atoms with van der Waals surface area (Å²) in [5.74, 6) is 1.42. The Kier molecular flexibility index (Phi) is 6.04. The van der Waals surface area contributed by atoms with E-state index in [1.54, 1.807) is 0 Å². The van der Waals surface area contributed by atoms with E-state index in [1.165, 1.54) is 5.56 Å². The Bertz CT molecular complexity index is 1020. The molecule has 0 saturated carbocycles. The minimum absolute atomic E-state index is 0.0767. The van der Waals surface area contributed by atoms with Gasteiger partial charge in [-0.3, -0.25) is 9.69 Å². The number of benzene rings is 1. The second kappa shape index (κ2) is 8.88. The molecule has 158 valence electrons. The monoisotopic (exact) mass is 406 g/mol. The Balaban J connectivity index is 1.37. The molecule has 0 N–H and O–H groups in total. The van der Waals surface area contributed by atoms with E-state index in [-0.39, 0.29) is 5.91 Å². The molecule has 1 aromatic carbocycles. The van der Waals surface area contributed by atoms with Crippen LogP contribution >= 0.6 is 0 Å². The maximum absolute atomic E-state index is 12.9. The average molecular weight is 407 g/mol. The second-order valence-corrected chi connectivity index (χ2v) is 8.51. The minimum Gasteiger partial charge on any atom is -0.487 e. The van der Waals surface area contributed by atoms with Gasteiger partial charge in [0.2, 0.25) is 0 Å². The van der Waals surface area contributed by atoms with Crippen molar-refractivity contribution in [2.45, 2.75) is 27.4 Å². The van der Waals surface area contributed by atoms with Crippen LogP contribution in [0.2, 0.25) is 0 Å². The number of imidazole rings is 1. The Labute approximate surface area is 178 Å². The van der Waals surface area contributed by atoms with Crippen molar-refractivity contribution in [1.29, 1.82) is 0 Å². The number of aromatic nitrogens is 2. The van der Waals surface area contributed by atoms with Gasteiger partial charge >= 0.3 is 0 Å². The summed E-state index contributed by atoms with van der Waals surface area (Å²) in [5, 5.41) is 0. The van der Waals surface area contributed by atoms with Gasteiger partial charge in [-0.15, -0.1) is 0 Å². The predicted molar refractivity (Wildman–Crippen MR) is 118 cm³/mol. The number of piperazine rings is 1. The number of hydrogen-bond donors (Lipinski definition) is 0. The largest absolute Gasteiger partial charge is 0.487 e. The molecule has 3 aromatic rings. The number of amides is 1. The number of hydrogen-bond acceptors (Lipinski definition) is 4. The van der Waals surface area contributed by atoms with E-state index < -0.39 is 0 Å². The highest BCUT2D eigenvalue weighted by molar-refractivity contribution is 5.94. The van der Waals surface area contributed by atoms with Crippen molar-refractivity contribution in [3.05, 3.63) is 65.6 Å². The van der Waals surface area contributed by atoms with Gasteiger partial charge in [0.15, 0.2) is 0 Å². The van der Waals surface area contributed by atoms with Crippen molar-refractivity contribution in [2.24, 2.45) is 5.92 Å². The number of ether oxygens (including phenoxy) is 1. The SMILES string of the molecule is Cc1ccc2nc(COc3cccc(C(=O)N4CCN(CC(C)C)CC4)c3)cn2c1. The van der Waals surface area contributed by atoms with Gasteiger partial charge in [-0.25, -0.2) is 4.98 Å². The van der Waals surface area contributed by atoms with Crippen molar-refractivity contribution in [3.8, 4) is 5.75 Å². The van der Waals surface area contributed by atoms with Crippen molar-refractivity contribution < 1.29 is 9.53 Å². The predicted octanol–water partition coefficient (Wildman–Crippen LogP) is 3.64. The molecule has 1 amide bonds. The van der Waals surface area contributed by atoms with Crippen LogP contribution in [0, 0.1) is 12.8 Å². The summed E-state index contributed by atoms with van der Waals surface area (Å²) >= 11 is 0. The lowest BCUT2D eigenvalue weighted by Crippen LogP contribution is -2.49. The average Bonchev–Trinajstić information content (AvgIpc) is 3.14. The van der Waals surface area contributed by atoms with Crippen LogP contribution in [0.1, 0.15) is 35.5 Å². The zero-order valence-electron chi connectivity index (χ0n) is 18.0. The van der Waals surface area contributed by atoms with Crippen molar-refractivity contribution in [2.75, 3.05) is 32.7 Å². The van der Waals surface area contributed by atoms with E-state index in [9.17, 15) is 4.79 Å². The number of nitrogens with zero attached hydrogens (tertiary/aromatic N) is 4. The maximum atomic E-state index is 12.9. The van der Waals surface area contributed by atoms with Gasteiger partial charge < -0.3 is 14.0 Å². The summed E-state index contributed by atoms with van der Waals surface area (Å²) in [5.41, 5.74) is 3.62. The van der Waals surface area contributed by atoms with E-state index in [4.69, 9.17) is 4.74 Å². The molecule has 6 heteroatoms. The molecule has 1 saturated heterocycles. The van der Waals surface area contributed by atoms with Gasteiger partial charge in [0.05, 0.1) is 5.69 Å². The van der Waals surface area contributed by atoms with Gasteiger partial charge in [0.1, 0.15) is 18.0 Å². The number of pyridine rings is 1. The lowest BCUT2D eigenvalue weighted by Gasteiger charge is -2.35. The molecule has 0 atom stereocenters. The molecule has 0 radical (unpaired) electrons. The normalized spacial score (nSPS) is 15.1. The van der Waals surface area contributed by atoms with Crippen LogP contribution in [0.25, 0.3) is 5.65 Å². The Morgan fingerprint density at radius 2 is 1.90 bits per heavy atom. The molecule has 0 unspecified atom stereocenters. The molecule has 2 aromatic heterocycles. The molecule has 6 nitrogen and oxygen atoms in total. The topological polar surface area (TPSA) is 50.1 Å². The Morgan fingerprint density at radius 1 is 1.10 bits per heavy atom. The van der Waals surface area contributed by atoms with Crippen LogP contribution in [0.5, 0.6) is 5.75 Å². The minimum atomic E-state index is 0.0767. The summed E-state index contributed by atoms with van der Waals surface area (Å²) in [7, 11) is 0. The van der Waals surface area contributed by atoms with Crippen LogP contribution in [0.3, 0.4) is 0 Å². The van der Waals surface area contributed by atoms with E-state index in [1.807, 2.05) is 58.1 Å². The third-order valence-corrected chi connectivity index (χ3v) is 5.40. The molecular formula is C24H30N4O2. The lowest BCUT2D eigenvalue weighted by molar-refractivity contribution is 0.0623. The van der Waals surface area contributed by atoms with Gasteiger partial charge in [-0.2, -0.15) is 0 Å². The first-order valence-corrected chi connectivity index (χ1v) is 10.7. The van der Waals surface area contributed by atoms with E-state index in [0.29, 0.717) is 23.8 Å². The molecule has 4 rings (SSSR count). The standard InChI is InChI=1S/C24H30N4O2/c1-18(2)14-26-9-11-27(12-10-26)24(29)20-5-4-6-22(13-20)30-17-21-16-28-15-19(3)7-8-23(28)25-21/h4-8,13,15-16,18H,9-12,14,17H2,1-3H3. The highest BCUT2D eigenvalue weighted by Gasteiger charge is 2.22. The highest BCUT2D eigenvalue weighted by atomic mass is 16.5. The van der Waals surface area contributed by atoms with Crippen LogP contribution in [-0.4, -0.2) is 57.8 Å². The highest BCUT2D eigenvalue weighted by Crippen LogP contribution is 2.18. The van der Waals surface area contributed by atoms with E-state index in [2.05, 4.69) is 30.7 Å². The molecule has 1 fully saturated rings. The first-order valence-electron chi connectivity index (χ1n) is 10.7. The summed E-state index contributed by atoms with van der Waals surface area (Å²) in [6.07, 6.45) is 4.03. The molecule has 0 spiro atoms. The van der Waals surface area contributed by atoms with E-state index >= 15 is 0 Å². The molecule has 30 heavy (non-hydrogen) atoms. The zero-order valence-corrected chi connectivity index (χ0v) is 18.0. The Hall–Kier alpha value is -2.86. The van der Waals surface area contributed by atoms with Crippen LogP contribution in [0.4, 0.5) is 0 Å². The summed E-state index contributed by atoms with van der Waals surface area (Å²) in [4.78, 5) is 21.9. The smallest absolute Gasteiger partial charge is 0.254 e. The first-order chi connectivity index (χ1) is 14.5. The van der Waals surface area contributed by atoms with Crippen LogP contribution < -0.4 is 4.74 Å². The number of aryl methyl sites for hydroxylation is 1. The third-order valence-electron chi connectivity index (χ3n) is 5.40. The summed E-state index contributed by atoms with van der Waals surface area (Å²) in [6.45, 7) is 11.4. The zero-order chi connectivity index (χ0) is 21.1. The molecule has 3 heterocycles. The molecule has 0 aliphatic carbocycles. The van der Waals surface area contributed by atoms with E-state index in [0.717, 1.165) is 44.1 Å². The molecule has 1 aliphatic heterocycles. The first kappa shape index (κ1) is 20.4. The van der Waals surface area contributed by atoms with Gasteiger partial charge in [0.25, 0.3) is 5.91 Å². The fourth-order valence-corrected chi connectivity index (χ4v) is 3.93. The van der Waals surface area contributed by atoms with Crippen molar-refractivity contribution >= 4 is 11.6 Å². The number of carbonyl (C=O) groups excluding carboxylic acids is 1. The van der Waals surface area contributed by atoms with Crippen LogP contribution in [-0.2, 0) is 6.61 Å². The van der Waals surface area contributed by atoms with Gasteiger partial charge in [0, 0.05) is 50.7 Å². The van der Waals surface area contributed by atoms with Crippen LogP contribution in [0.15, 0.2) is 48.8 Å². The Morgan fingerprint density at radius 3 is 2.67 bits per heavy atom. The fraction of sp³-hybridized carbons (Fsp3) is 0.417. The lowest BCUT2D eigenvalue weighted by atomic mass is 10.1. The van der Waals surface area contributed by atoms with Gasteiger partial charge in [-0.1, -0.05) is 26.0 Å². The van der Waals surface area contributed by atoms with Crippen molar-refractivity contribution in [1.82, 2.24) is 19.2 Å². The van der Waals surface area contributed by atoms with Gasteiger partial charge in [-0.05, 0) is 42.7 Å². The number of rotatable bonds is 6. The molecule has 0 bridgehead atoms. The number of carbonyl (C=O) groups is 1. The summed E-state index contributed by atoms with van der Waals surface area (Å²) in [6, 6.07) is 11.5. The summed E-state index contributed by atoms with van der Waals surface area (Å²) < 4.78 is 7.94. The van der Waals surface area contributed by atoms with Crippen molar-refractivity contribution in [3.63, 3.8) is 0 Å². The second-order valence-electron chi connectivity index (χ2n) is 8.51. The quantitative estimate of drug-likeness (QED) is 0.627. The maximum Gasteiger partial charge on any atom is 0.254 e. The fourth-order valence-electron chi connectivity index (χ4n) is 3.93.